The van der Waals surface area contributed by atoms with E-state index in [1.54, 1.807) is 0 Å². The molecule has 1 heterocycles. The van der Waals surface area contributed by atoms with Crippen LogP contribution in [0.4, 0.5) is 0 Å². The quantitative estimate of drug-likeness (QED) is 0.878. The third-order valence-electron chi connectivity index (χ3n) is 3.39. The number of halogens is 2. The van der Waals surface area contributed by atoms with E-state index in [0.29, 0.717) is 21.7 Å². The van der Waals surface area contributed by atoms with Gasteiger partial charge in [-0.2, -0.15) is 0 Å². The Kier molecular flexibility index (Phi) is 5.16. The second-order valence-corrected chi connectivity index (χ2v) is 5.56. The zero-order chi connectivity index (χ0) is 13.0. The molecule has 1 aromatic rings. The van der Waals surface area contributed by atoms with Crippen LogP contribution >= 0.6 is 23.2 Å². The summed E-state index contributed by atoms with van der Waals surface area (Å²) in [6.45, 7) is 4.27. The van der Waals surface area contributed by atoms with Gasteiger partial charge in [0.15, 0.2) is 5.75 Å². The summed E-state index contributed by atoms with van der Waals surface area (Å²) in [6.07, 6.45) is 3.49. The summed E-state index contributed by atoms with van der Waals surface area (Å²) in [7, 11) is 0. The molecule has 1 saturated heterocycles. The molecule has 18 heavy (non-hydrogen) atoms. The third-order valence-corrected chi connectivity index (χ3v) is 3.98. The summed E-state index contributed by atoms with van der Waals surface area (Å²) in [5, 5.41) is 4.56. The van der Waals surface area contributed by atoms with Crippen LogP contribution < -0.4 is 10.1 Å². The third kappa shape index (κ3) is 3.31. The van der Waals surface area contributed by atoms with Gasteiger partial charge in [0.25, 0.3) is 0 Å². The highest BCUT2D eigenvalue weighted by Gasteiger charge is 2.26. The number of hydrogen-bond acceptors (Lipinski definition) is 2. The molecule has 1 fully saturated rings. The fraction of sp³-hybridized carbons (Fsp3) is 0.571. The Morgan fingerprint density at radius 2 is 2.11 bits per heavy atom. The molecule has 100 valence electrons. The average molecular weight is 288 g/mol. The van der Waals surface area contributed by atoms with Crippen molar-refractivity contribution in [3.8, 4) is 5.75 Å². The van der Waals surface area contributed by atoms with Gasteiger partial charge in [0.1, 0.15) is 6.10 Å². The normalized spacial score (nSPS) is 20.9. The monoisotopic (exact) mass is 287 g/mol. The Morgan fingerprint density at radius 1 is 1.39 bits per heavy atom. The molecule has 1 aliphatic heterocycles. The van der Waals surface area contributed by atoms with Crippen LogP contribution in [0.15, 0.2) is 18.2 Å². The van der Waals surface area contributed by atoms with Gasteiger partial charge in [-0.05, 0) is 31.5 Å². The molecule has 0 aromatic heterocycles. The lowest BCUT2D eigenvalue weighted by atomic mass is 9.97. The van der Waals surface area contributed by atoms with Gasteiger partial charge in [0.05, 0.1) is 10.0 Å². The van der Waals surface area contributed by atoms with Gasteiger partial charge in [-0.3, -0.25) is 0 Å². The van der Waals surface area contributed by atoms with Gasteiger partial charge in [0, 0.05) is 12.5 Å². The van der Waals surface area contributed by atoms with Crippen molar-refractivity contribution in [1.29, 1.82) is 0 Å². The van der Waals surface area contributed by atoms with E-state index >= 15 is 0 Å². The molecule has 1 aliphatic rings. The lowest BCUT2D eigenvalue weighted by molar-refractivity contribution is 0.132. The Balaban J connectivity index is 2.12. The van der Waals surface area contributed by atoms with Gasteiger partial charge in [-0.15, -0.1) is 0 Å². The highest BCUT2D eigenvalue weighted by molar-refractivity contribution is 6.37. The van der Waals surface area contributed by atoms with E-state index in [9.17, 15) is 0 Å². The van der Waals surface area contributed by atoms with Crippen molar-refractivity contribution in [3.05, 3.63) is 28.2 Å². The SMILES string of the molecule is CCC[C@H](Oc1c(Cl)cccc1Cl)[C@@H]1CCNC1. The van der Waals surface area contributed by atoms with Crippen molar-refractivity contribution in [3.63, 3.8) is 0 Å². The second kappa shape index (κ2) is 6.65. The summed E-state index contributed by atoms with van der Waals surface area (Å²) >= 11 is 12.3. The number of rotatable bonds is 5. The fourth-order valence-corrected chi connectivity index (χ4v) is 2.90. The van der Waals surface area contributed by atoms with E-state index in [2.05, 4.69) is 12.2 Å². The molecule has 0 amide bonds. The molecular weight excluding hydrogens is 269 g/mol. The Morgan fingerprint density at radius 3 is 2.67 bits per heavy atom. The summed E-state index contributed by atoms with van der Waals surface area (Å²) in [6, 6.07) is 5.47. The standard InChI is InChI=1S/C14H19Cl2NO/c1-2-4-13(10-7-8-17-9-10)18-14-11(15)5-3-6-12(14)16/h3,5-6,10,13,17H,2,4,7-9H2,1H3/t10-,13+/m1/s1. The van der Waals surface area contributed by atoms with Crippen molar-refractivity contribution in [2.45, 2.75) is 32.3 Å². The topological polar surface area (TPSA) is 21.3 Å². The van der Waals surface area contributed by atoms with Crippen molar-refractivity contribution in [2.75, 3.05) is 13.1 Å². The number of hydrogen-bond donors (Lipinski definition) is 1. The maximum atomic E-state index is 6.16. The molecular formula is C14H19Cl2NO. The van der Waals surface area contributed by atoms with Gasteiger partial charge in [-0.25, -0.2) is 0 Å². The summed E-state index contributed by atoms with van der Waals surface area (Å²) < 4.78 is 6.10. The molecule has 0 aliphatic carbocycles. The summed E-state index contributed by atoms with van der Waals surface area (Å²) in [5.74, 6) is 1.18. The van der Waals surface area contributed by atoms with Gasteiger partial charge in [-0.1, -0.05) is 42.6 Å². The van der Waals surface area contributed by atoms with E-state index in [1.807, 2.05) is 18.2 Å². The Bertz CT molecular complexity index is 371. The molecule has 0 bridgehead atoms. The summed E-state index contributed by atoms with van der Waals surface area (Å²) in [5.41, 5.74) is 0. The van der Waals surface area contributed by atoms with Crippen LogP contribution in [-0.4, -0.2) is 19.2 Å². The predicted molar refractivity (Wildman–Crippen MR) is 76.8 cm³/mol. The van der Waals surface area contributed by atoms with Crippen LogP contribution in [0, 0.1) is 5.92 Å². The molecule has 2 nitrogen and oxygen atoms in total. The van der Waals surface area contributed by atoms with E-state index in [0.717, 1.165) is 32.4 Å². The first kappa shape index (κ1) is 14.0. The molecule has 2 atom stereocenters. The first-order chi connectivity index (χ1) is 8.72. The first-order valence-electron chi connectivity index (χ1n) is 6.53. The number of para-hydroxylation sites is 1. The van der Waals surface area contributed by atoms with Crippen LogP contribution in [0.2, 0.25) is 10.0 Å². The van der Waals surface area contributed by atoms with Gasteiger partial charge in [0.2, 0.25) is 0 Å². The van der Waals surface area contributed by atoms with Crippen molar-refractivity contribution >= 4 is 23.2 Å². The van der Waals surface area contributed by atoms with Crippen molar-refractivity contribution in [2.24, 2.45) is 5.92 Å². The van der Waals surface area contributed by atoms with Crippen molar-refractivity contribution < 1.29 is 4.74 Å². The smallest absolute Gasteiger partial charge is 0.156 e. The molecule has 1 N–H and O–H groups in total. The molecule has 0 unspecified atom stereocenters. The molecule has 0 saturated carbocycles. The Labute approximate surface area is 119 Å². The van der Waals surface area contributed by atoms with E-state index in [-0.39, 0.29) is 6.10 Å². The maximum Gasteiger partial charge on any atom is 0.156 e. The van der Waals surface area contributed by atoms with Crippen LogP contribution in [0.3, 0.4) is 0 Å². The summed E-state index contributed by atoms with van der Waals surface area (Å²) in [4.78, 5) is 0. The van der Waals surface area contributed by atoms with Gasteiger partial charge < -0.3 is 10.1 Å². The van der Waals surface area contributed by atoms with E-state index in [4.69, 9.17) is 27.9 Å². The lowest BCUT2D eigenvalue weighted by Crippen LogP contribution is -2.28. The fourth-order valence-electron chi connectivity index (χ4n) is 2.42. The zero-order valence-electron chi connectivity index (χ0n) is 10.6. The maximum absolute atomic E-state index is 6.16. The Hall–Kier alpha value is -0.440. The second-order valence-electron chi connectivity index (χ2n) is 4.75. The molecule has 2 rings (SSSR count). The van der Waals surface area contributed by atoms with E-state index < -0.39 is 0 Å². The van der Waals surface area contributed by atoms with Crippen LogP contribution in [0.25, 0.3) is 0 Å². The highest BCUT2D eigenvalue weighted by atomic mass is 35.5. The average Bonchev–Trinajstić information content (AvgIpc) is 2.86. The number of ether oxygens (including phenoxy) is 1. The lowest BCUT2D eigenvalue weighted by Gasteiger charge is -2.25. The number of benzene rings is 1. The first-order valence-corrected chi connectivity index (χ1v) is 7.29. The molecule has 0 radical (unpaired) electrons. The van der Waals surface area contributed by atoms with Crippen molar-refractivity contribution in [1.82, 2.24) is 5.32 Å². The van der Waals surface area contributed by atoms with Gasteiger partial charge >= 0.3 is 0 Å². The zero-order valence-corrected chi connectivity index (χ0v) is 12.1. The largest absolute Gasteiger partial charge is 0.487 e. The van der Waals surface area contributed by atoms with E-state index in [1.165, 1.54) is 0 Å². The molecule has 0 spiro atoms. The molecule has 1 aromatic carbocycles. The predicted octanol–water partition coefficient (Wildman–Crippen LogP) is 4.15. The molecule has 4 heteroatoms. The minimum Gasteiger partial charge on any atom is -0.487 e. The minimum absolute atomic E-state index is 0.197. The highest BCUT2D eigenvalue weighted by Crippen LogP contribution is 2.35. The van der Waals surface area contributed by atoms with Crippen LogP contribution in [0.5, 0.6) is 5.75 Å². The van der Waals surface area contributed by atoms with Crippen LogP contribution in [0.1, 0.15) is 26.2 Å². The van der Waals surface area contributed by atoms with Crippen LogP contribution in [-0.2, 0) is 0 Å². The number of nitrogens with one attached hydrogen (secondary N) is 1. The minimum atomic E-state index is 0.197.